The molecule has 1 aliphatic heterocycles. The van der Waals surface area contributed by atoms with Gasteiger partial charge in [-0.3, -0.25) is 4.79 Å². The van der Waals surface area contributed by atoms with Gasteiger partial charge in [0.1, 0.15) is 4.90 Å². The fraction of sp³-hybridized carbons (Fsp3) is 0.462. The highest BCUT2D eigenvalue weighted by Crippen LogP contribution is 2.27. The second-order valence-electron chi connectivity index (χ2n) is 5.08. The Kier molecular flexibility index (Phi) is 4.75. The molecule has 116 valence electrons. The lowest BCUT2D eigenvalue weighted by atomic mass is 10.1. The largest absolute Gasteiger partial charge is 0.398 e. The van der Waals surface area contributed by atoms with E-state index in [4.69, 9.17) is 17.3 Å². The van der Waals surface area contributed by atoms with Crippen molar-refractivity contribution in [2.75, 3.05) is 18.8 Å². The average molecular weight is 332 g/mol. The van der Waals surface area contributed by atoms with Crippen molar-refractivity contribution in [1.29, 1.82) is 0 Å². The van der Waals surface area contributed by atoms with E-state index < -0.39 is 10.0 Å². The predicted octanol–water partition coefficient (Wildman–Crippen LogP) is 1.21. The van der Waals surface area contributed by atoms with Crippen LogP contribution in [-0.4, -0.2) is 37.8 Å². The number of carbonyl (C=O) groups is 1. The number of carbonyl (C=O) groups excluding carboxylic acids is 1. The average Bonchev–Trinajstić information content (AvgIpc) is 2.41. The molecule has 0 aromatic heterocycles. The number of hydrogen-bond acceptors (Lipinski definition) is 4. The summed E-state index contributed by atoms with van der Waals surface area (Å²) in [4.78, 5) is 11.1. The molecule has 0 bridgehead atoms. The molecule has 0 spiro atoms. The van der Waals surface area contributed by atoms with E-state index in [0.717, 1.165) is 6.42 Å². The Morgan fingerprint density at radius 2 is 2.19 bits per heavy atom. The third-order valence-corrected chi connectivity index (χ3v) is 5.54. The number of benzene rings is 1. The van der Waals surface area contributed by atoms with Crippen molar-refractivity contribution in [1.82, 2.24) is 9.62 Å². The smallest absolute Gasteiger partial charge is 0.245 e. The minimum absolute atomic E-state index is 0.0125. The molecule has 0 radical (unpaired) electrons. The van der Waals surface area contributed by atoms with Crippen LogP contribution in [-0.2, 0) is 14.8 Å². The lowest BCUT2D eigenvalue weighted by molar-refractivity contribution is -0.119. The molecule has 1 amide bonds. The first kappa shape index (κ1) is 16.1. The van der Waals surface area contributed by atoms with Crippen molar-refractivity contribution in [3.63, 3.8) is 0 Å². The molecular formula is C13H18ClN3O3S. The van der Waals surface area contributed by atoms with Gasteiger partial charge in [0.2, 0.25) is 15.9 Å². The highest BCUT2D eigenvalue weighted by molar-refractivity contribution is 7.89. The van der Waals surface area contributed by atoms with Crippen LogP contribution in [0.5, 0.6) is 0 Å². The summed E-state index contributed by atoms with van der Waals surface area (Å²) in [5.74, 6) is -0.165. The monoisotopic (exact) mass is 331 g/mol. The van der Waals surface area contributed by atoms with E-state index in [9.17, 15) is 13.2 Å². The first-order valence-electron chi connectivity index (χ1n) is 6.63. The molecular weight excluding hydrogens is 314 g/mol. The van der Waals surface area contributed by atoms with Gasteiger partial charge in [0, 0.05) is 31.1 Å². The number of nitrogens with zero attached hydrogens (tertiary/aromatic N) is 1. The lowest BCUT2D eigenvalue weighted by Gasteiger charge is -2.32. The topological polar surface area (TPSA) is 92.5 Å². The zero-order chi connectivity index (χ0) is 15.6. The standard InChI is InChI=1S/C13H18ClN3O3S/c1-9(18)16-11-3-2-6-17(8-11)21(19,20)13-7-10(14)4-5-12(13)15/h4-5,7,11H,2-3,6,8,15H2,1H3,(H,16,18). The van der Waals surface area contributed by atoms with Crippen molar-refractivity contribution >= 4 is 33.2 Å². The Morgan fingerprint density at radius 1 is 1.48 bits per heavy atom. The normalized spacial score (nSPS) is 20.2. The summed E-state index contributed by atoms with van der Waals surface area (Å²) in [5, 5.41) is 3.08. The highest BCUT2D eigenvalue weighted by atomic mass is 35.5. The van der Waals surface area contributed by atoms with Gasteiger partial charge in [0.15, 0.2) is 0 Å². The first-order chi connectivity index (χ1) is 9.80. The van der Waals surface area contributed by atoms with Crippen LogP contribution >= 0.6 is 11.6 Å². The third-order valence-electron chi connectivity index (χ3n) is 3.38. The van der Waals surface area contributed by atoms with Crippen LogP contribution in [0.1, 0.15) is 19.8 Å². The number of amides is 1. The van der Waals surface area contributed by atoms with Crippen molar-refractivity contribution in [3.05, 3.63) is 23.2 Å². The molecule has 3 N–H and O–H groups in total. The predicted molar refractivity (Wildman–Crippen MR) is 81.5 cm³/mol. The molecule has 2 rings (SSSR count). The number of nitrogen functional groups attached to an aromatic ring is 1. The quantitative estimate of drug-likeness (QED) is 0.814. The fourth-order valence-electron chi connectivity index (χ4n) is 2.44. The van der Waals surface area contributed by atoms with E-state index >= 15 is 0 Å². The van der Waals surface area contributed by atoms with E-state index in [2.05, 4.69) is 5.32 Å². The third kappa shape index (κ3) is 3.66. The maximum absolute atomic E-state index is 12.7. The van der Waals surface area contributed by atoms with Crippen LogP contribution in [0, 0.1) is 0 Å². The summed E-state index contributed by atoms with van der Waals surface area (Å²) in [6.07, 6.45) is 1.45. The van der Waals surface area contributed by atoms with Gasteiger partial charge in [-0.15, -0.1) is 0 Å². The number of anilines is 1. The van der Waals surface area contributed by atoms with Gasteiger partial charge < -0.3 is 11.1 Å². The molecule has 6 nitrogen and oxygen atoms in total. The Bertz CT molecular complexity index is 648. The molecule has 1 atom stereocenters. The number of hydrogen-bond donors (Lipinski definition) is 2. The van der Waals surface area contributed by atoms with Crippen LogP contribution in [0.3, 0.4) is 0 Å². The Labute approximate surface area is 129 Å². The maximum atomic E-state index is 12.7. The summed E-state index contributed by atoms with van der Waals surface area (Å²) in [6.45, 7) is 2.07. The Balaban J connectivity index is 2.26. The number of sulfonamides is 1. The molecule has 1 aromatic rings. The second-order valence-corrected chi connectivity index (χ2v) is 7.43. The number of rotatable bonds is 3. The van der Waals surface area contributed by atoms with Crippen molar-refractivity contribution in [2.45, 2.75) is 30.7 Å². The van der Waals surface area contributed by atoms with Gasteiger partial charge in [-0.2, -0.15) is 4.31 Å². The zero-order valence-electron chi connectivity index (χ0n) is 11.7. The molecule has 1 aliphatic rings. The summed E-state index contributed by atoms with van der Waals surface area (Å²) in [6, 6.07) is 4.21. The van der Waals surface area contributed by atoms with Gasteiger partial charge in [-0.05, 0) is 31.0 Å². The van der Waals surface area contributed by atoms with Crippen molar-refractivity contribution < 1.29 is 13.2 Å². The fourth-order valence-corrected chi connectivity index (χ4v) is 4.34. The molecule has 1 heterocycles. The molecule has 1 unspecified atom stereocenters. The zero-order valence-corrected chi connectivity index (χ0v) is 13.2. The van der Waals surface area contributed by atoms with Crippen LogP contribution in [0.4, 0.5) is 5.69 Å². The minimum Gasteiger partial charge on any atom is -0.398 e. The summed E-state index contributed by atoms with van der Waals surface area (Å²) < 4.78 is 26.7. The number of nitrogens with two attached hydrogens (primary N) is 1. The first-order valence-corrected chi connectivity index (χ1v) is 8.45. The van der Waals surface area contributed by atoms with E-state index in [1.165, 1.54) is 23.4 Å². The number of nitrogens with one attached hydrogen (secondary N) is 1. The molecule has 0 aliphatic carbocycles. The molecule has 21 heavy (non-hydrogen) atoms. The number of halogens is 1. The van der Waals surface area contributed by atoms with Crippen LogP contribution in [0.15, 0.2) is 23.1 Å². The van der Waals surface area contributed by atoms with Gasteiger partial charge >= 0.3 is 0 Å². The molecule has 1 aromatic carbocycles. The lowest BCUT2D eigenvalue weighted by Crippen LogP contribution is -2.49. The summed E-state index contributed by atoms with van der Waals surface area (Å²) in [7, 11) is -3.71. The van der Waals surface area contributed by atoms with Crippen LogP contribution in [0.25, 0.3) is 0 Å². The maximum Gasteiger partial charge on any atom is 0.245 e. The van der Waals surface area contributed by atoms with Crippen molar-refractivity contribution in [2.24, 2.45) is 0 Å². The molecule has 1 fully saturated rings. The van der Waals surface area contributed by atoms with Crippen molar-refractivity contribution in [3.8, 4) is 0 Å². The Hall–Kier alpha value is -1.31. The second kappa shape index (κ2) is 6.21. The minimum atomic E-state index is -3.71. The van der Waals surface area contributed by atoms with Gasteiger partial charge in [-0.1, -0.05) is 11.6 Å². The van der Waals surface area contributed by atoms with Crippen LogP contribution in [0.2, 0.25) is 5.02 Å². The van der Waals surface area contributed by atoms with Gasteiger partial charge in [0.25, 0.3) is 0 Å². The van der Waals surface area contributed by atoms with Crippen LogP contribution < -0.4 is 11.1 Å². The Morgan fingerprint density at radius 3 is 2.86 bits per heavy atom. The molecule has 0 saturated carbocycles. The highest BCUT2D eigenvalue weighted by Gasteiger charge is 2.31. The van der Waals surface area contributed by atoms with Gasteiger partial charge in [0.05, 0.1) is 5.69 Å². The number of piperidine rings is 1. The SMILES string of the molecule is CC(=O)NC1CCCN(S(=O)(=O)c2cc(Cl)ccc2N)C1. The van der Waals surface area contributed by atoms with E-state index in [-0.39, 0.29) is 29.1 Å². The van der Waals surface area contributed by atoms with Gasteiger partial charge in [-0.25, -0.2) is 8.42 Å². The summed E-state index contributed by atoms with van der Waals surface area (Å²) in [5.41, 5.74) is 5.93. The molecule has 1 saturated heterocycles. The summed E-state index contributed by atoms with van der Waals surface area (Å²) >= 11 is 5.86. The van der Waals surface area contributed by atoms with E-state index in [1.54, 1.807) is 6.07 Å². The van der Waals surface area contributed by atoms with E-state index in [0.29, 0.717) is 18.0 Å². The molecule has 8 heteroatoms. The van der Waals surface area contributed by atoms with E-state index in [1.807, 2.05) is 0 Å².